The SMILES string of the molecule is COCC1(CNC(=O)Cc2c(OC)cccc2OC)CCNCC1.Cl. The molecule has 1 aliphatic heterocycles. The lowest BCUT2D eigenvalue weighted by Gasteiger charge is -2.37. The van der Waals surface area contributed by atoms with Crippen LogP contribution >= 0.6 is 12.4 Å². The number of ether oxygens (including phenoxy) is 3. The van der Waals surface area contributed by atoms with Gasteiger partial charge in [0.1, 0.15) is 11.5 Å². The van der Waals surface area contributed by atoms with Crippen molar-refractivity contribution < 1.29 is 19.0 Å². The average molecular weight is 373 g/mol. The van der Waals surface area contributed by atoms with E-state index < -0.39 is 0 Å². The molecule has 7 heteroatoms. The molecule has 0 spiro atoms. The lowest BCUT2D eigenvalue weighted by atomic mass is 9.79. The van der Waals surface area contributed by atoms with Crippen LogP contribution in [0.2, 0.25) is 0 Å². The minimum atomic E-state index is -0.0354. The summed E-state index contributed by atoms with van der Waals surface area (Å²) in [4.78, 5) is 12.5. The molecule has 1 amide bonds. The van der Waals surface area contributed by atoms with Gasteiger partial charge in [-0.15, -0.1) is 12.4 Å². The molecule has 25 heavy (non-hydrogen) atoms. The minimum Gasteiger partial charge on any atom is -0.496 e. The second-order valence-electron chi connectivity index (χ2n) is 6.28. The highest BCUT2D eigenvalue weighted by Gasteiger charge is 2.32. The van der Waals surface area contributed by atoms with Gasteiger partial charge in [0, 0.05) is 24.6 Å². The zero-order chi connectivity index (χ0) is 17.4. The lowest BCUT2D eigenvalue weighted by Crippen LogP contribution is -2.47. The third-order valence-corrected chi connectivity index (χ3v) is 4.64. The molecule has 1 aliphatic rings. The molecule has 0 radical (unpaired) electrons. The molecule has 6 nitrogen and oxygen atoms in total. The normalized spacial score (nSPS) is 15.8. The van der Waals surface area contributed by atoms with Gasteiger partial charge in [0.15, 0.2) is 0 Å². The van der Waals surface area contributed by atoms with Crippen molar-refractivity contribution in [2.24, 2.45) is 5.41 Å². The summed E-state index contributed by atoms with van der Waals surface area (Å²) in [5, 5.41) is 6.43. The summed E-state index contributed by atoms with van der Waals surface area (Å²) in [6.45, 7) is 3.20. The third kappa shape index (κ3) is 5.76. The highest BCUT2D eigenvalue weighted by Crippen LogP contribution is 2.30. The number of hydrogen-bond donors (Lipinski definition) is 2. The first-order valence-corrected chi connectivity index (χ1v) is 8.30. The quantitative estimate of drug-likeness (QED) is 0.728. The second kappa shape index (κ2) is 10.5. The molecule has 1 aromatic rings. The molecular weight excluding hydrogens is 344 g/mol. The number of carbonyl (C=O) groups is 1. The Hall–Kier alpha value is -1.50. The van der Waals surface area contributed by atoms with E-state index in [9.17, 15) is 4.79 Å². The van der Waals surface area contributed by atoms with Crippen LogP contribution in [0.4, 0.5) is 0 Å². The number of halogens is 1. The Bertz CT molecular complexity index is 520. The van der Waals surface area contributed by atoms with E-state index in [4.69, 9.17) is 14.2 Å². The molecule has 2 rings (SSSR count). The van der Waals surface area contributed by atoms with Crippen molar-refractivity contribution >= 4 is 18.3 Å². The Morgan fingerprint density at radius 1 is 1.16 bits per heavy atom. The maximum atomic E-state index is 12.5. The molecule has 1 fully saturated rings. The molecule has 0 atom stereocenters. The van der Waals surface area contributed by atoms with E-state index in [1.807, 2.05) is 18.2 Å². The maximum Gasteiger partial charge on any atom is 0.224 e. The van der Waals surface area contributed by atoms with Gasteiger partial charge in [0.2, 0.25) is 5.91 Å². The Morgan fingerprint density at radius 2 is 1.76 bits per heavy atom. The van der Waals surface area contributed by atoms with E-state index >= 15 is 0 Å². The minimum absolute atomic E-state index is 0. The number of carbonyl (C=O) groups excluding carboxylic acids is 1. The van der Waals surface area contributed by atoms with Crippen LogP contribution in [0, 0.1) is 5.41 Å². The fourth-order valence-corrected chi connectivity index (χ4v) is 3.25. The van der Waals surface area contributed by atoms with E-state index in [-0.39, 0.29) is 30.2 Å². The fraction of sp³-hybridized carbons (Fsp3) is 0.611. The van der Waals surface area contributed by atoms with Gasteiger partial charge >= 0.3 is 0 Å². The number of benzene rings is 1. The topological polar surface area (TPSA) is 68.8 Å². The number of hydrogen-bond acceptors (Lipinski definition) is 5. The first kappa shape index (κ1) is 21.5. The summed E-state index contributed by atoms with van der Waals surface area (Å²) >= 11 is 0. The summed E-state index contributed by atoms with van der Waals surface area (Å²) in [5.74, 6) is 1.29. The monoisotopic (exact) mass is 372 g/mol. The van der Waals surface area contributed by atoms with E-state index in [0.29, 0.717) is 24.7 Å². The van der Waals surface area contributed by atoms with Gasteiger partial charge in [-0.05, 0) is 38.1 Å². The van der Waals surface area contributed by atoms with E-state index in [2.05, 4.69) is 10.6 Å². The summed E-state index contributed by atoms with van der Waals surface area (Å²) in [7, 11) is 4.91. The zero-order valence-electron chi connectivity index (χ0n) is 15.2. The van der Waals surface area contributed by atoms with Gasteiger partial charge in [0.25, 0.3) is 0 Å². The average Bonchev–Trinajstić information content (AvgIpc) is 2.61. The van der Waals surface area contributed by atoms with E-state index in [0.717, 1.165) is 31.5 Å². The molecule has 0 aromatic heterocycles. The summed E-state index contributed by atoms with van der Waals surface area (Å²) in [6, 6.07) is 5.52. The molecule has 0 saturated carbocycles. The van der Waals surface area contributed by atoms with Crippen LogP contribution in [0.25, 0.3) is 0 Å². The number of methoxy groups -OCH3 is 3. The largest absolute Gasteiger partial charge is 0.496 e. The van der Waals surface area contributed by atoms with Crippen molar-refractivity contribution in [1.29, 1.82) is 0 Å². The van der Waals surface area contributed by atoms with Gasteiger partial charge in [-0.25, -0.2) is 0 Å². The maximum absolute atomic E-state index is 12.5. The molecule has 1 heterocycles. The Morgan fingerprint density at radius 3 is 2.28 bits per heavy atom. The second-order valence-corrected chi connectivity index (χ2v) is 6.28. The van der Waals surface area contributed by atoms with Gasteiger partial charge in [-0.3, -0.25) is 4.79 Å². The summed E-state index contributed by atoms with van der Waals surface area (Å²) in [6.07, 6.45) is 2.23. The van der Waals surface area contributed by atoms with Crippen molar-refractivity contribution in [2.75, 3.05) is 47.6 Å². The van der Waals surface area contributed by atoms with Crippen molar-refractivity contribution in [3.63, 3.8) is 0 Å². The molecule has 142 valence electrons. The fourth-order valence-electron chi connectivity index (χ4n) is 3.25. The standard InChI is InChI=1S/C18H28N2O4.ClH/c1-22-13-18(7-9-19-10-8-18)12-20-17(21)11-14-15(23-2)5-4-6-16(14)24-3;/h4-6,19H,7-13H2,1-3H3,(H,20,21);1H. The number of nitrogens with one attached hydrogen (secondary N) is 2. The molecule has 2 N–H and O–H groups in total. The van der Waals surface area contributed by atoms with Crippen LogP contribution < -0.4 is 20.1 Å². The predicted molar refractivity (Wildman–Crippen MR) is 99.9 cm³/mol. The molecular formula is C18H29ClN2O4. The van der Waals surface area contributed by atoms with Gasteiger partial charge in [-0.2, -0.15) is 0 Å². The van der Waals surface area contributed by atoms with Crippen LogP contribution in [-0.4, -0.2) is 53.5 Å². The van der Waals surface area contributed by atoms with E-state index in [1.165, 1.54) is 0 Å². The first-order valence-electron chi connectivity index (χ1n) is 8.30. The third-order valence-electron chi connectivity index (χ3n) is 4.64. The molecule has 0 bridgehead atoms. The van der Waals surface area contributed by atoms with Crippen molar-refractivity contribution in [2.45, 2.75) is 19.3 Å². The van der Waals surface area contributed by atoms with Gasteiger partial charge in [0.05, 0.1) is 27.2 Å². The van der Waals surface area contributed by atoms with Gasteiger partial charge < -0.3 is 24.8 Å². The van der Waals surface area contributed by atoms with Crippen molar-refractivity contribution in [1.82, 2.24) is 10.6 Å². The van der Waals surface area contributed by atoms with Crippen LogP contribution in [0.3, 0.4) is 0 Å². The summed E-state index contributed by atoms with van der Waals surface area (Å²) < 4.78 is 16.1. The zero-order valence-corrected chi connectivity index (χ0v) is 16.0. The molecule has 0 aliphatic carbocycles. The summed E-state index contributed by atoms with van der Waals surface area (Å²) in [5.41, 5.74) is 0.784. The predicted octanol–water partition coefficient (Wildman–Crippen LogP) is 1.80. The van der Waals surface area contributed by atoms with Crippen LogP contribution in [0.1, 0.15) is 18.4 Å². The highest BCUT2D eigenvalue weighted by atomic mass is 35.5. The van der Waals surface area contributed by atoms with E-state index in [1.54, 1.807) is 21.3 Å². The smallest absolute Gasteiger partial charge is 0.224 e. The van der Waals surface area contributed by atoms with Gasteiger partial charge in [-0.1, -0.05) is 6.07 Å². The van der Waals surface area contributed by atoms with Crippen LogP contribution in [0.15, 0.2) is 18.2 Å². The van der Waals surface area contributed by atoms with Crippen molar-refractivity contribution in [3.8, 4) is 11.5 Å². The molecule has 0 unspecified atom stereocenters. The van der Waals surface area contributed by atoms with Crippen LogP contribution in [0.5, 0.6) is 11.5 Å². The number of rotatable bonds is 8. The van der Waals surface area contributed by atoms with Crippen LogP contribution in [-0.2, 0) is 16.0 Å². The Balaban J connectivity index is 0.00000312. The molecule has 1 saturated heterocycles. The first-order chi connectivity index (χ1) is 11.6. The highest BCUT2D eigenvalue weighted by molar-refractivity contribution is 5.85. The molecule has 1 aromatic carbocycles. The lowest BCUT2D eigenvalue weighted by molar-refractivity contribution is -0.121. The number of piperidine rings is 1. The number of amides is 1. The Labute approximate surface area is 156 Å². The Kier molecular flexibility index (Phi) is 9.03. The van der Waals surface area contributed by atoms with Crippen molar-refractivity contribution in [3.05, 3.63) is 23.8 Å².